The molecule has 0 fully saturated rings. The Balaban J connectivity index is 0.00000220. The molecule has 1 aromatic carbocycles. The van der Waals surface area contributed by atoms with E-state index in [1.165, 1.54) is 13.2 Å². The fraction of sp³-hybridized carbons (Fsp3) is 0.250. The average Bonchev–Trinajstić information content (AvgIpc) is 2.45. The molecule has 109 valence electrons. The fourth-order valence-electron chi connectivity index (χ4n) is 2.02. The Labute approximate surface area is 150 Å². The van der Waals surface area contributed by atoms with Crippen LogP contribution >= 0.6 is 0 Å². The first kappa shape index (κ1) is 18.1. The van der Waals surface area contributed by atoms with Gasteiger partial charge < -0.3 is 14.4 Å². The van der Waals surface area contributed by atoms with Crippen LogP contribution in [-0.2, 0) is 37.4 Å². The van der Waals surface area contributed by atoms with Gasteiger partial charge in [0, 0.05) is 52.4 Å². The fourth-order valence-corrected chi connectivity index (χ4v) is 2.02. The minimum absolute atomic E-state index is 0. The van der Waals surface area contributed by atoms with Gasteiger partial charge >= 0.3 is 0 Å². The van der Waals surface area contributed by atoms with E-state index in [2.05, 4.69) is 12.7 Å². The molecular weight excluding hydrogens is 346 g/mol. The van der Waals surface area contributed by atoms with Gasteiger partial charge in [0.05, 0.1) is 5.82 Å². The Bertz CT molecular complexity index is 569. The average molecular weight is 363 g/mol. The summed E-state index contributed by atoms with van der Waals surface area (Å²) in [5.41, 5.74) is 1.97. The van der Waals surface area contributed by atoms with Crippen molar-refractivity contribution in [2.45, 2.75) is 6.92 Å². The van der Waals surface area contributed by atoms with Crippen molar-refractivity contribution in [2.24, 2.45) is 0 Å². The molecule has 1 aliphatic heterocycles. The Morgan fingerprint density at radius 2 is 2.14 bits per heavy atom. The van der Waals surface area contributed by atoms with Crippen LogP contribution in [0.25, 0.3) is 5.70 Å². The standard InChI is InChI=1S/C16H17FNO2.Y/c1-4-18-12(2)6-5-7-16(18)14-9-8-13(10-15(14)17)20-11-19-3;/h5-6,8-10H,2,4,11H2,1,3H3;/q-1;. The van der Waals surface area contributed by atoms with Crippen LogP contribution in [0.3, 0.4) is 0 Å². The summed E-state index contributed by atoms with van der Waals surface area (Å²) in [6.45, 7) is 6.72. The van der Waals surface area contributed by atoms with E-state index >= 15 is 0 Å². The molecule has 0 bridgehead atoms. The molecule has 0 amide bonds. The van der Waals surface area contributed by atoms with Gasteiger partial charge in [0.15, 0.2) is 6.79 Å². The van der Waals surface area contributed by atoms with E-state index in [9.17, 15) is 4.39 Å². The zero-order chi connectivity index (χ0) is 14.5. The van der Waals surface area contributed by atoms with Gasteiger partial charge in [0.2, 0.25) is 0 Å². The van der Waals surface area contributed by atoms with Crippen LogP contribution in [0.2, 0.25) is 0 Å². The van der Waals surface area contributed by atoms with E-state index in [0.29, 0.717) is 23.6 Å². The molecule has 0 N–H and O–H groups in total. The predicted octanol–water partition coefficient (Wildman–Crippen LogP) is 3.36. The maximum absolute atomic E-state index is 14.2. The monoisotopic (exact) mass is 363 g/mol. The van der Waals surface area contributed by atoms with Crippen molar-refractivity contribution in [3.63, 3.8) is 0 Å². The van der Waals surface area contributed by atoms with E-state index in [-0.39, 0.29) is 45.3 Å². The van der Waals surface area contributed by atoms with Crippen molar-refractivity contribution >= 4 is 5.70 Å². The van der Waals surface area contributed by atoms with Crippen molar-refractivity contribution in [3.05, 3.63) is 60.1 Å². The van der Waals surface area contributed by atoms with Crippen LogP contribution in [0, 0.1) is 11.9 Å². The quantitative estimate of drug-likeness (QED) is 0.592. The number of rotatable bonds is 5. The SMILES string of the molecule is C=C1C=C[C-]=C(c2ccc(OCOC)cc2F)N1CC.[Y]. The summed E-state index contributed by atoms with van der Waals surface area (Å²) in [7, 11) is 1.52. The third-order valence-corrected chi connectivity index (χ3v) is 2.97. The van der Waals surface area contributed by atoms with Crippen LogP contribution in [0.4, 0.5) is 4.39 Å². The summed E-state index contributed by atoms with van der Waals surface area (Å²) < 4.78 is 24.2. The van der Waals surface area contributed by atoms with Crippen molar-refractivity contribution < 1.29 is 46.6 Å². The summed E-state index contributed by atoms with van der Waals surface area (Å²) in [6, 6.07) is 4.73. The number of nitrogens with zero attached hydrogens (tertiary/aromatic N) is 1. The number of methoxy groups -OCH3 is 1. The summed E-state index contributed by atoms with van der Waals surface area (Å²) in [6.07, 6.45) is 6.66. The Morgan fingerprint density at radius 3 is 2.76 bits per heavy atom. The molecule has 21 heavy (non-hydrogen) atoms. The van der Waals surface area contributed by atoms with Gasteiger partial charge in [0.25, 0.3) is 0 Å². The van der Waals surface area contributed by atoms with Crippen molar-refractivity contribution in [2.75, 3.05) is 20.4 Å². The van der Waals surface area contributed by atoms with E-state index in [4.69, 9.17) is 9.47 Å². The van der Waals surface area contributed by atoms with Gasteiger partial charge in [-0.1, -0.05) is 17.8 Å². The summed E-state index contributed by atoms with van der Waals surface area (Å²) in [5, 5.41) is 0. The normalized spacial score (nSPS) is 13.8. The van der Waals surface area contributed by atoms with Gasteiger partial charge in [0.1, 0.15) is 5.75 Å². The third-order valence-electron chi connectivity index (χ3n) is 2.97. The first-order valence-corrected chi connectivity index (χ1v) is 6.35. The molecule has 0 saturated heterocycles. The molecule has 0 saturated carbocycles. The van der Waals surface area contributed by atoms with Gasteiger partial charge in [-0.2, -0.15) is 12.2 Å². The number of likely N-dealkylation sites (N-methyl/N-ethyl adjacent to an activating group) is 1. The van der Waals surface area contributed by atoms with Gasteiger partial charge in [-0.3, -0.25) is 0 Å². The minimum atomic E-state index is -0.359. The smallest absolute Gasteiger partial charge is 0.188 e. The number of hydrogen-bond donors (Lipinski definition) is 0. The van der Waals surface area contributed by atoms with Crippen molar-refractivity contribution in [3.8, 4) is 5.75 Å². The Morgan fingerprint density at radius 1 is 1.38 bits per heavy atom. The van der Waals surface area contributed by atoms with Crippen LogP contribution < -0.4 is 4.74 Å². The molecule has 1 radical (unpaired) electrons. The summed E-state index contributed by atoms with van der Waals surface area (Å²) in [4.78, 5) is 1.91. The first-order chi connectivity index (χ1) is 9.67. The molecule has 2 rings (SSSR count). The number of allylic oxidation sites excluding steroid dienone is 3. The molecule has 0 unspecified atom stereocenters. The summed E-state index contributed by atoms with van der Waals surface area (Å²) >= 11 is 0. The van der Waals surface area contributed by atoms with Gasteiger partial charge in [-0.15, -0.1) is 12.1 Å². The number of benzene rings is 1. The van der Waals surface area contributed by atoms with E-state index in [0.717, 1.165) is 5.70 Å². The van der Waals surface area contributed by atoms with Crippen molar-refractivity contribution in [1.29, 1.82) is 0 Å². The maximum atomic E-state index is 14.2. The minimum Gasteiger partial charge on any atom is -0.468 e. The molecule has 1 aliphatic rings. The van der Waals surface area contributed by atoms with Crippen LogP contribution in [0.15, 0.2) is 42.6 Å². The van der Waals surface area contributed by atoms with Gasteiger partial charge in [-0.05, 0) is 18.7 Å². The molecule has 0 aliphatic carbocycles. The summed E-state index contributed by atoms with van der Waals surface area (Å²) in [5.74, 6) is 0.0737. The molecule has 0 aromatic heterocycles. The van der Waals surface area contributed by atoms with Crippen LogP contribution in [0.5, 0.6) is 5.75 Å². The largest absolute Gasteiger partial charge is 0.468 e. The van der Waals surface area contributed by atoms with Gasteiger partial charge in [-0.25, -0.2) is 4.39 Å². The predicted molar refractivity (Wildman–Crippen MR) is 76.2 cm³/mol. The second-order valence-corrected chi connectivity index (χ2v) is 4.25. The van der Waals surface area contributed by atoms with E-state index in [1.807, 2.05) is 17.9 Å². The van der Waals surface area contributed by atoms with Crippen LogP contribution in [-0.4, -0.2) is 25.3 Å². The number of halogens is 1. The Kier molecular flexibility index (Phi) is 7.29. The molecule has 0 atom stereocenters. The molecule has 1 heterocycles. The van der Waals surface area contributed by atoms with E-state index in [1.54, 1.807) is 18.2 Å². The second-order valence-electron chi connectivity index (χ2n) is 4.25. The molecule has 0 spiro atoms. The van der Waals surface area contributed by atoms with Crippen LogP contribution in [0.1, 0.15) is 12.5 Å². The second kappa shape index (κ2) is 8.47. The first-order valence-electron chi connectivity index (χ1n) is 6.35. The molecule has 3 nitrogen and oxygen atoms in total. The van der Waals surface area contributed by atoms with E-state index < -0.39 is 0 Å². The third kappa shape index (κ3) is 4.25. The zero-order valence-corrected chi connectivity index (χ0v) is 15.1. The Hall–Kier alpha value is -0.966. The number of ether oxygens (including phenoxy) is 2. The topological polar surface area (TPSA) is 21.7 Å². The number of hydrogen-bond acceptors (Lipinski definition) is 3. The molecule has 5 heteroatoms. The molecule has 1 aromatic rings. The molecular formula is C16H17FNO2Y-. The van der Waals surface area contributed by atoms with Crippen molar-refractivity contribution in [1.82, 2.24) is 4.90 Å². The zero-order valence-electron chi connectivity index (χ0n) is 12.2. The maximum Gasteiger partial charge on any atom is 0.188 e.